The van der Waals surface area contributed by atoms with Gasteiger partial charge in [-0.05, 0) is 25.2 Å². The van der Waals surface area contributed by atoms with Gasteiger partial charge < -0.3 is 16.0 Å². The van der Waals surface area contributed by atoms with Crippen LogP contribution in [-0.4, -0.2) is 29.9 Å². The number of nitrogens with one attached hydrogen (secondary N) is 1. The topological polar surface area (TPSA) is 71.2 Å². The van der Waals surface area contributed by atoms with E-state index in [1.165, 1.54) is 16.9 Å². The number of aromatic nitrogens is 1. The van der Waals surface area contributed by atoms with Gasteiger partial charge in [0.05, 0.1) is 0 Å². The number of hydrogen-bond donors (Lipinski definition) is 2. The summed E-state index contributed by atoms with van der Waals surface area (Å²) in [6.45, 7) is 1.33. The quantitative estimate of drug-likeness (QED) is 0.879. The Morgan fingerprint density at radius 1 is 1.35 bits per heavy atom. The molecule has 3 N–H and O–H groups in total. The second-order valence-corrected chi connectivity index (χ2v) is 5.65. The van der Waals surface area contributed by atoms with Gasteiger partial charge in [0.1, 0.15) is 5.69 Å². The summed E-state index contributed by atoms with van der Waals surface area (Å²) in [6, 6.07) is 8.07. The van der Waals surface area contributed by atoms with Crippen LogP contribution in [0.5, 0.6) is 0 Å². The van der Waals surface area contributed by atoms with Gasteiger partial charge in [-0.2, -0.15) is 0 Å². The number of anilines is 1. The molecule has 0 aliphatic rings. The molecule has 0 fully saturated rings. The number of nitrogens with zero attached hydrogens (tertiary/aromatic N) is 2. The Bertz CT molecular complexity index is 594. The van der Waals surface area contributed by atoms with Gasteiger partial charge in [-0.1, -0.05) is 24.3 Å². The summed E-state index contributed by atoms with van der Waals surface area (Å²) in [5, 5.41) is 4.94. The lowest BCUT2D eigenvalue weighted by molar-refractivity contribution is 0.0946. The smallest absolute Gasteiger partial charge is 0.271 e. The summed E-state index contributed by atoms with van der Waals surface area (Å²) in [4.78, 5) is 18.0. The number of nitrogens with two attached hydrogens (primary N) is 1. The highest BCUT2D eigenvalue weighted by Crippen LogP contribution is 2.13. The molecule has 2 aromatic rings. The third kappa shape index (κ3) is 3.79. The lowest BCUT2D eigenvalue weighted by atomic mass is 10.1. The predicted octanol–water partition coefficient (Wildman–Crippen LogP) is 1.72. The maximum absolute atomic E-state index is 11.9. The second-order valence-electron chi connectivity index (χ2n) is 4.76. The Balaban J connectivity index is 2.02. The number of carbonyl (C=O) groups is 1. The molecule has 6 heteroatoms. The number of amides is 1. The summed E-state index contributed by atoms with van der Waals surface area (Å²) in [6.07, 6.45) is 0. The van der Waals surface area contributed by atoms with Crippen LogP contribution in [0.15, 0.2) is 29.6 Å². The highest BCUT2D eigenvalue weighted by Gasteiger charge is 2.10. The van der Waals surface area contributed by atoms with E-state index >= 15 is 0 Å². The number of nitrogen functional groups attached to an aromatic ring is 1. The van der Waals surface area contributed by atoms with Gasteiger partial charge in [-0.25, -0.2) is 4.98 Å². The molecule has 0 unspecified atom stereocenters. The van der Waals surface area contributed by atoms with E-state index in [1.807, 2.05) is 32.3 Å². The normalized spacial score (nSPS) is 10.8. The summed E-state index contributed by atoms with van der Waals surface area (Å²) in [5.74, 6) is -0.197. The molecule has 0 aliphatic carbocycles. The lowest BCUT2D eigenvalue weighted by Gasteiger charge is -2.14. The molecule has 20 heavy (non-hydrogen) atoms. The number of hydrogen-bond acceptors (Lipinski definition) is 5. The minimum atomic E-state index is -0.197. The average Bonchev–Trinajstić information content (AvgIpc) is 2.83. The summed E-state index contributed by atoms with van der Waals surface area (Å²) in [7, 11) is 4.04. The Hall–Kier alpha value is -1.92. The van der Waals surface area contributed by atoms with Crippen molar-refractivity contribution < 1.29 is 4.79 Å². The van der Waals surface area contributed by atoms with Crippen LogP contribution in [0.2, 0.25) is 0 Å². The third-order valence-electron chi connectivity index (χ3n) is 2.80. The first-order valence-electron chi connectivity index (χ1n) is 6.27. The molecule has 0 saturated heterocycles. The van der Waals surface area contributed by atoms with E-state index in [4.69, 9.17) is 5.73 Å². The molecule has 1 aromatic carbocycles. The van der Waals surface area contributed by atoms with Crippen molar-refractivity contribution in [3.63, 3.8) is 0 Å². The van der Waals surface area contributed by atoms with Gasteiger partial charge in [0.25, 0.3) is 5.91 Å². The van der Waals surface area contributed by atoms with Crippen LogP contribution in [-0.2, 0) is 13.1 Å². The molecule has 0 spiro atoms. The maximum atomic E-state index is 11.9. The van der Waals surface area contributed by atoms with Crippen LogP contribution in [0.4, 0.5) is 5.13 Å². The fraction of sp³-hybridized carbons (Fsp3) is 0.286. The van der Waals surface area contributed by atoms with E-state index in [1.54, 1.807) is 5.38 Å². The minimum absolute atomic E-state index is 0.197. The van der Waals surface area contributed by atoms with Crippen molar-refractivity contribution in [2.75, 3.05) is 19.8 Å². The first-order chi connectivity index (χ1) is 9.56. The SMILES string of the molecule is CN(C)Cc1ccccc1CNC(=O)c1csc(N)n1. The monoisotopic (exact) mass is 290 g/mol. The van der Waals surface area contributed by atoms with Gasteiger partial charge in [0.15, 0.2) is 5.13 Å². The van der Waals surface area contributed by atoms with Gasteiger partial charge in [0.2, 0.25) is 0 Å². The molecule has 1 aromatic heterocycles. The van der Waals surface area contributed by atoms with Crippen LogP contribution >= 0.6 is 11.3 Å². The summed E-state index contributed by atoms with van der Waals surface area (Å²) >= 11 is 1.27. The Labute approximate surface area is 122 Å². The van der Waals surface area contributed by atoms with E-state index in [0.717, 1.165) is 12.1 Å². The highest BCUT2D eigenvalue weighted by atomic mass is 32.1. The molecule has 0 aliphatic heterocycles. The molecule has 5 nitrogen and oxygen atoms in total. The zero-order chi connectivity index (χ0) is 14.5. The minimum Gasteiger partial charge on any atom is -0.375 e. The molecule has 1 amide bonds. The molecule has 0 saturated carbocycles. The largest absolute Gasteiger partial charge is 0.375 e. The van der Waals surface area contributed by atoms with Crippen molar-refractivity contribution in [2.24, 2.45) is 0 Å². The fourth-order valence-electron chi connectivity index (χ4n) is 1.88. The van der Waals surface area contributed by atoms with Crippen molar-refractivity contribution in [1.29, 1.82) is 0 Å². The molecule has 106 valence electrons. The number of carbonyl (C=O) groups excluding carboxylic acids is 1. The van der Waals surface area contributed by atoms with Crippen LogP contribution in [0.25, 0.3) is 0 Å². The highest BCUT2D eigenvalue weighted by molar-refractivity contribution is 7.13. The Morgan fingerprint density at radius 2 is 2.05 bits per heavy atom. The van der Waals surface area contributed by atoms with E-state index < -0.39 is 0 Å². The van der Waals surface area contributed by atoms with Crippen LogP contribution in [0.3, 0.4) is 0 Å². The van der Waals surface area contributed by atoms with Gasteiger partial charge in [-0.15, -0.1) is 11.3 Å². The fourth-order valence-corrected chi connectivity index (χ4v) is 2.43. The Morgan fingerprint density at radius 3 is 2.65 bits per heavy atom. The van der Waals surface area contributed by atoms with Crippen LogP contribution in [0.1, 0.15) is 21.6 Å². The van der Waals surface area contributed by atoms with E-state index in [0.29, 0.717) is 17.4 Å². The van der Waals surface area contributed by atoms with Gasteiger partial charge in [0, 0.05) is 18.5 Å². The third-order valence-corrected chi connectivity index (χ3v) is 3.47. The zero-order valence-electron chi connectivity index (χ0n) is 11.6. The standard InChI is InChI=1S/C14H18N4OS/c1-18(2)8-11-6-4-3-5-10(11)7-16-13(19)12-9-20-14(15)17-12/h3-6,9H,7-8H2,1-2H3,(H2,15,17)(H,16,19). The van der Waals surface area contributed by atoms with Crippen molar-refractivity contribution in [3.8, 4) is 0 Å². The average molecular weight is 290 g/mol. The van der Waals surface area contributed by atoms with Gasteiger partial charge in [-0.3, -0.25) is 4.79 Å². The zero-order valence-corrected chi connectivity index (χ0v) is 12.4. The van der Waals surface area contributed by atoms with Crippen molar-refractivity contribution in [1.82, 2.24) is 15.2 Å². The number of benzene rings is 1. The molecular weight excluding hydrogens is 272 g/mol. The first kappa shape index (κ1) is 14.5. The number of thiazole rings is 1. The number of rotatable bonds is 5. The van der Waals surface area contributed by atoms with E-state index in [2.05, 4.69) is 21.3 Å². The van der Waals surface area contributed by atoms with Crippen molar-refractivity contribution >= 4 is 22.4 Å². The van der Waals surface area contributed by atoms with E-state index in [9.17, 15) is 4.79 Å². The second kappa shape index (κ2) is 6.49. The van der Waals surface area contributed by atoms with E-state index in [-0.39, 0.29) is 5.91 Å². The lowest BCUT2D eigenvalue weighted by Crippen LogP contribution is -2.24. The van der Waals surface area contributed by atoms with Gasteiger partial charge >= 0.3 is 0 Å². The molecule has 0 radical (unpaired) electrons. The summed E-state index contributed by atoms with van der Waals surface area (Å²) in [5.41, 5.74) is 8.21. The summed E-state index contributed by atoms with van der Waals surface area (Å²) < 4.78 is 0. The molecule has 1 heterocycles. The molecule has 0 bridgehead atoms. The van der Waals surface area contributed by atoms with Crippen LogP contribution in [0, 0.1) is 0 Å². The van der Waals surface area contributed by atoms with Crippen LogP contribution < -0.4 is 11.1 Å². The van der Waals surface area contributed by atoms with Crippen molar-refractivity contribution in [3.05, 3.63) is 46.5 Å². The first-order valence-corrected chi connectivity index (χ1v) is 7.15. The van der Waals surface area contributed by atoms with Crippen molar-refractivity contribution in [2.45, 2.75) is 13.1 Å². The molecule has 0 atom stereocenters. The molecular formula is C14H18N4OS. The predicted molar refractivity (Wildman–Crippen MR) is 81.5 cm³/mol. The molecule has 2 rings (SSSR count). The Kier molecular flexibility index (Phi) is 4.70. The maximum Gasteiger partial charge on any atom is 0.271 e.